The number of fused-ring (bicyclic) bond motifs is 2. The van der Waals surface area contributed by atoms with Crippen LogP contribution in [0.15, 0.2) is 77.3 Å². The minimum atomic E-state index is -4.35. The SMILES string of the molecule is CC1CCN(C2=C(S(=O)(=O)Nc3cccc4ccccc34)C(=O)c3ccccc3C2=O)CC1. The van der Waals surface area contributed by atoms with Crippen LogP contribution in [0, 0.1) is 5.92 Å². The summed E-state index contributed by atoms with van der Waals surface area (Å²) in [5, 5.41) is 1.58. The molecule has 1 N–H and O–H groups in total. The lowest BCUT2D eigenvalue weighted by Gasteiger charge is -2.35. The van der Waals surface area contributed by atoms with E-state index in [1.807, 2.05) is 30.3 Å². The summed E-state index contributed by atoms with van der Waals surface area (Å²) in [6.07, 6.45) is 1.66. The molecule has 0 spiro atoms. The maximum absolute atomic E-state index is 13.7. The Kier molecular flexibility index (Phi) is 5.29. The van der Waals surface area contributed by atoms with Gasteiger partial charge in [0.1, 0.15) is 5.70 Å². The zero-order valence-electron chi connectivity index (χ0n) is 18.2. The number of carbonyl (C=O) groups is 2. The van der Waals surface area contributed by atoms with Gasteiger partial charge in [-0.3, -0.25) is 14.3 Å². The van der Waals surface area contributed by atoms with Gasteiger partial charge in [-0.1, -0.05) is 67.6 Å². The Morgan fingerprint density at radius 2 is 1.42 bits per heavy atom. The number of piperidine rings is 1. The number of nitrogens with zero attached hydrogens (tertiary/aromatic N) is 1. The molecule has 0 bridgehead atoms. The molecule has 0 radical (unpaired) electrons. The monoisotopic (exact) mass is 460 g/mol. The first-order chi connectivity index (χ1) is 15.9. The first-order valence-electron chi connectivity index (χ1n) is 11.0. The van der Waals surface area contributed by atoms with Crippen molar-refractivity contribution in [1.82, 2.24) is 4.90 Å². The molecule has 0 aromatic heterocycles. The van der Waals surface area contributed by atoms with E-state index < -0.39 is 26.5 Å². The smallest absolute Gasteiger partial charge is 0.268 e. The van der Waals surface area contributed by atoms with Gasteiger partial charge in [0.15, 0.2) is 4.91 Å². The number of sulfonamides is 1. The Hall–Kier alpha value is -3.45. The zero-order chi connectivity index (χ0) is 23.2. The number of hydrogen-bond donors (Lipinski definition) is 1. The van der Waals surface area contributed by atoms with Crippen LogP contribution >= 0.6 is 0 Å². The molecule has 5 rings (SSSR count). The zero-order valence-corrected chi connectivity index (χ0v) is 19.1. The molecule has 7 heteroatoms. The van der Waals surface area contributed by atoms with Gasteiger partial charge in [0.25, 0.3) is 10.0 Å². The summed E-state index contributed by atoms with van der Waals surface area (Å²) in [7, 11) is -4.35. The van der Waals surface area contributed by atoms with Crippen molar-refractivity contribution in [2.45, 2.75) is 19.8 Å². The van der Waals surface area contributed by atoms with Gasteiger partial charge >= 0.3 is 0 Å². The van der Waals surface area contributed by atoms with Crippen LogP contribution in [-0.4, -0.2) is 38.0 Å². The molecule has 1 aliphatic heterocycles. The fraction of sp³-hybridized carbons (Fsp3) is 0.231. The summed E-state index contributed by atoms with van der Waals surface area (Å²) in [5.41, 5.74) is 0.722. The van der Waals surface area contributed by atoms with Gasteiger partial charge in [0.05, 0.1) is 5.69 Å². The maximum atomic E-state index is 13.7. The van der Waals surface area contributed by atoms with Gasteiger partial charge in [-0.05, 0) is 30.2 Å². The number of benzene rings is 3. The van der Waals surface area contributed by atoms with E-state index in [0.29, 0.717) is 30.1 Å². The lowest BCUT2D eigenvalue weighted by Crippen LogP contribution is -2.41. The van der Waals surface area contributed by atoms with E-state index in [-0.39, 0.29) is 16.8 Å². The van der Waals surface area contributed by atoms with Crippen LogP contribution < -0.4 is 4.72 Å². The molecule has 0 saturated carbocycles. The Morgan fingerprint density at radius 3 is 2.15 bits per heavy atom. The largest absolute Gasteiger partial charge is 0.367 e. The molecular weight excluding hydrogens is 436 g/mol. The van der Waals surface area contributed by atoms with E-state index in [2.05, 4.69) is 11.6 Å². The van der Waals surface area contributed by atoms with E-state index in [0.717, 1.165) is 18.2 Å². The van der Waals surface area contributed by atoms with Crippen molar-refractivity contribution in [1.29, 1.82) is 0 Å². The average molecular weight is 461 g/mol. The molecule has 1 aliphatic carbocycles. The fourth-order valence-corrected chi connectivity index (χ4v) is 6.02. The summed E-state index contributed by atoms with van der Waals surface area (Å²) in [6.45, 7) is 3.20. The van der Waals surface area contributed by atoms with Crippen molar-refractivity contribution in [3.8, 4) is 0 Å². The lowest BCUT2D eigenvalue weighted by molar-refractivity contribution is 0.0933. The number of ketones is 2. The maximum Gasteiger partial charge on any atom is 0.268 e. The molecule has 1 fully saturated rings. The molecular formula is C26H24N2O4S. The first kappa shape index (κ1) is 21.4. The standard InChI is InChI=1S/C26H24N2O4S/c1-17-13-15-28(16-14-17)23-24(29)20-10-4-5-11-21(20)25(30)26(23)33(31,32)27-22-12-6-8-18-7-2-3-9-19(18)22/h2-12,17,27H,13-16H2,1H3. The van der Waals surface area contributed by atoms with Gasteiger partial charge in [-0.15, -0.1) is 0 Å². The summed E-state index contributed by atoms with van der Waals surface area (Å²) in [5.74, 6) is -0.581. The number of rotatable bonds is 4. The molecule has 0 atom stereocenters. The minimum absolute atomic E-state index is 0.0154. The van der Waals surface area contributed by atoms with E-state index in [1.54, 1.807) is 35.2 Å². The third-order valence-electron chi connectivity index (χ3n) is 6.46. The second-order valence-electron chi connectivity index (χ2n) is 8.68. The van der Waals surface area contributed by atoms with Crippen molar-refractivity contribution in [3.05, 3.63) is 88.5 Å². The van der Waals surface area contributed by atoms with Crippen molar-refractivity contribution in [2.24, 2.45) is 5.92 Å². The Morgan fingerprint density at radius 1 is 0.818 bits per heavy atom. The van der Waals surface area contributed by atoms with Crippen LogP contribution in [0.4, 0.5) is 5.69 Å². The molecule has 3 aromatic carbocycles. The normalized spacial score (nSPS) is 17.4. The second kappa shape index (κ2) is 8.15. The van der Waals surface area contributed by atoms with Crippen LogP contribution in [-0.2, 0) is 10.0 Å². The van der Waals surface area contributed by atoms with E-state index >= 15 is 0 Å². The quantitative estimate of drug-likeness (QED) is 0.615. The van der Waals surface area contributed by atoms with Crippen LogP contribution in [0.5, 0.6) is 0 Å². The minimum Gasteiger partial charge on any atom is -0.367 e. The predicted octanol–water partition coefficient (Wildman–Crippen LogP) is 4.60. The number of likely N-dealkylation sites (tertiary alicyclic amines) is 1. The van der Waals surface area contributed by atoms with Crippen molar-refractivity contribution < 1.29 is 18.0 Å². The van der Waals surface area contributed by atoms with Crippen LogP contribution in [0.1, 0.15) is 40.5 Å². The van der Waals surface area contributed by atoms with Crippen LogP contribution in [0.3, 0.4) is 0 Å². The Labute approximate surface area is 193 Å². The number of anilines is 1. The van der Waals surface area contributed by atoms with Gasteiger partial charge < -0.3 is 4.90 Å². The van der Waals surface area contributed by atoms with Crippen LogP contribution in [0.25, 0.3) is 10.8 Å². The summed E-state index contributed by atoms with van der Waals surface area (Å²) >= 11 is 0. The molecule has 168 valence electrons. The van der Waals surface area contributed by atoms with Gasteiger partial charge in [0.2, 0.25) is 11.6 Å². The molecule has 0 amide bonds. The second-order valence-corrected chi connectivity index (χ2v) is 10.3. The molecule has 2 aliphatic rings. The van der Waals surface area contributed by atoms with Crippen molar-refractivity contribution in [3.63, 3.8) is 0 Å². The molecule has 0 unspecified atom stereocenters. The molecule has 1 saturated heterocycles. The average Bonchev–Trinajstić information content (AvgIpc) is 2.82. The Balaban J connectivity index is 1.66. The Bertz CT molecular complexity index is 1410. The topological polar surface area (TPSA) is 83.6 Å². The highest BCUT2D eigenvalue weighted by atomic mass is 32.2. The number of Topliss-reactive ketones (excluding diaryl/α,β-unsaturated/α-hetero) is 2. The third kappa shape index (κ3) is 3.72. The fourth-order valence-electron chi connectivity index (χ4n) is 4.62. The highest BCUT2D eigenvalue weighted by molar-refractivity contribution is 7.97. The van der Waals surface area contributed by atoms with E-state index in [9.17, 15) is 18.0 Å². The molecule has 6 nitrogen and oxygen atoms in total. The number of hydrogen-bond acceptors (Lipinski definition) is 5. The lowest BCUT2D eigenvalue weighted by atomic mass is 9.90. The van der Waals surface area contributed by atoms with Crippen LogP contribution in [0.2, 0.25) is 0 Å². The number of allylic oxidation sites excluding steroid dienone is 2. The van der Waals surface area contributed by atoms with E-state index in [4.69, 9.17) is 0 Å². The van der Waals surface area contributed by atoms with Gasteiger partial charge in [-0.25, -0.2) is 8.42 Å². The number of carbonyl (C=O) groups excluding carboxylic acids is 2. The van der Waals surface area contributed by atoms with Crippen molar-refractivity contribution >= 4 is 38.0 Å². The van der Waals surface area contributed by atoms with Gasteiger partial charge in [0, 0.05) is 29.6 Å². The third-order valence-corrected chi connectivity index (χ3v) is 7.86. The molecule has 33 heavy (non-hydrogen) atoms. The summed E-state index contributed by atoms with van der Waals surface area (Å²) < 4.78 is 30.0. The van der Waals surface area contributed by atoms with Gasteiger partial charge in [-0.2, -0.15) is 0 Å². The molecule has 3 aromatic rings. The predicted molar refractivity (Wildman–Crippen MR) is 129 cm³/mol. The highest BCUT2D eigenvalue weighted by Crippen LogP contribution is 2.35. The number of nitrogens with one attached hydrogen (secondary N) is 1. The summed E-state index contributed by atoms with van der Waals surface area (Å²) in [6, 6.07) is 19.1. The highest BCUT2D eigenvalue weighted by Gasteiger charge is 2.42. The van der Waals surface area contributed by atoms with E-state index in [1.165, 1.54) is 6.07 Å². The molecule has 1 heterocycles. The first-order valence-corrected chi connectivity index (χ1v) is 12.5. The summed E-state index contributed by atoms with van der Waals surface area (Å²) in [4.78, 5) is 28.4. The van der Waals surface area contributed by atoms with Crippen molar-refractivity contribution in [2.75, 3.05) is 17.8 Å².